The Hall–Kier alpha value is -0.780. The second-order valence-corrected chi connectivity index (χ2v) is 6.08. The Labute approximate surface area is 138 Å². The van der Waals surface area contributed by atoms with Crippen LogP contribution in [0.2, 0.25) is 5.02 Å². The van der Waals surface area contributed by atoms with Crippen molar-refractivity contribution in [3.63, 3.8) is 0 Å². The predicted octanol–water partition coefficient (Wildman–Crippen LogP) is 4.57. The maximum Gasteiger partial charge on any atom is 0.137 e. The summed E-state index contributed by atoms with van der Waals surface area (Å²) in [4.78, 5) is 0. The normalized spacial score (nSPS) is 12.2. The van der Waals surface area contributed by atoms with Crippen molar-refractivity contribution in [2.24, 2.45) is 0 Å². The first-order valence-corrected chi connectivity index (χ1v) is 7.80. The number of ether oxygens (including phenoxy) is 1. The number of hydrogen-bond donors (Lipinski definition) is 1. The zero-order valence-corrected chi connectivity index (χ0v) is 14.6. The number of hydrogen-bond acceptors (Lipinski definition) is 2. The lowest BCUT2D eigenvalue weighted by Crippen LogP contribution is -2.19. The van der Waals surface area contributed by atoms with Crippen LogP contribution in [0, 0.1) is 10.5 Å². The van der Waals surface area contributed by atoms with Crippen molar-refractivity contribution in [1.29, 1.82) is 0 Å². The standard InChI is InChI=1S/C16H17ClINO/c1-10-5-4-6-12(15(10)18)16(19-2)11-7-8-13(17)14(9-11)20-3/h4-9,16,19H,1-3H3. The van der Waals surface area contributed by atoms with E-state index in [0.29, 0.717) is 10.8 Å². The summed E-state index contributed by atoms with van der Waals surface area (Å²) in [6.45, 7) is 2.13. The second-order valence-electron chi connectivity index (χ2n) is 4.59. The van der Waals surface area contributed by atoms with Crippen molar-refractivity contribution in [2.45, 2.75) is 13.0 Å². The Kier molecular flexibility index (Phi) is 5.29. The molecular formula is C16H17ClINO. The number of aryl methyl sites for hydroxylation is 1. The molecule has 4 heteroatoms. The fourth-order valence-electron chi connectivity index (χ4n) is 2.25. The van der Waals surface area contributed by atoms with E-state index in [0.717, 1.165) is 5.56 Å². The van der Waals surface area contributed by atoms with Crippen LogP contribution >= 0.6 is 34.2 Å². The van der Waals surface area contributed by atoms with Crippen LogP contribution in [-0.4, -0.2) is 14.2 Å². The van der Waals surface area contributed by atoms with E-state index >= 15 is 0 Å². The molecule has 0 bridgehead atoms. The molecular weight excluding hydrogens is 385 g/mol. The van der Waals surface area contributed by atoms with Gasteiger partial charge in [-0.25, -0.2) is 0 Å². The number of halogens is 2. The molecule has 1 atom stereocenters. The Bertz CT molecular complexity index is 615. The van der Waals surface area contributed by atoms with Crippen LogP contribution in [0.1, 0.15) is 22.7 Å². The molecule has 2 nitrogen and oxygen atoms in total. The summed E-state index contributed by atoms with van der Waals surface area (Å²) in [6.07, 6.45) is 0. The third-order valence-electron chi connectivity index (χ3n) is 3.33. The van der Waals surface area contributed by atoms with Crippen LogP contribution in [0.5, 0.6) is 5.75 Å². The van der Waals surface area contributed by atoms with Crippen molar-refractivity contribution in [1.82, 2.24) is 5.32 Å². The van der Waals surface area contributed by atoms with Gasteiger partial charge in [0.05, 0.1) is 18.2 Å². The van der Waals surface area contributed by atoms with Crippen LogP contribution in [0.25, 0.3) is 0 Å². The number of rotatable bonds is 4. The highest BCUT2D eigenvalue weighted by Crippen LogP contribution is 2.32. The van der Waals surface area contributed by atoms with E-state index in [1.807, 2.05) is 25.2 Å². The number of nitrogens with one attached hydrogen (secondary N) is 1. The fourth-order valence-corrected chi connectivity index (χ4v) is 3.12. The summed E-state index contributed by atoms with van der Waals surface area (Å²) >= 11 is 8.50. The third-order valence-corrected chi connectivity index (χ3v) is 5.12. The number of methoxy groups -OCH3 is 1. The summed E-state index contributed by atoms with van der Waals surface area (Å²) in [5.41, 5.74) is 3.68. The molecule has 1 N–H and O–H groups in total. The average Bonchev–Trinajstić information content (AvgIpc) is 2.45. The summed E-state index contributed by atoms with van der Waals surface area (Å²) in [5, 5.41) is 4.00. The molecule has 0 radical (unpaired) electrons. The van der Waals surface area contributed by atoms with Gasteiger partial charge in [-0.1, -0.05) is 35.9 Å². The van der Waals surface area contributed by atoms with Gasteiger partial charge in [-0.3, -0.25) is 0 Å². The van der Waals surface area contributed by atoms with Crippen molar-refractivity contribution in [2.75, 3.05) is 14.2 Å². The molecule has 0 aliphatic heterocycles. The van der Waals surface area contributed by atoms with Crippen LogP contribution in [0.3, 0.4) is 0 Å². The van der Waals surface area contributed by atoms with Gasteiger partial charge in [-0.15, -0.1) is 0 Å². The van der Waals surface area contributed by atoms with Gasteiger partial charge in [0, 0.05) is 3.57 Å². The SMILES string of the molecule is CNC(c1ccc(Cl)c(OC)c1)c1cccc(C)c1I. The quantitative estimate of drug-likeness (QED) is 0.758. The van der Waals surface area contributed by atoms with Crippen LogP contribution in [-0.2, 0) is 0 Å². The monoisotopic (exact) mass is 401 g/mol. The van der Waals surface area contributed by atoms with E-state index in [4.69, 9.17) is 16.3 Å². The van der Waals surface area contributed by atoms with E-state index in [1.54, 1.807) is 7.11 Å². The first-order chi connectivity index (χ1) is 9.58. The molecule has 0 fully saturated rings. The van der Waals surface area contributed by atoms with Gasteiger partial charge in [0.15, 0.2) is 0 Å². The molecule has 0 amide bonds. The van der Waals surface area contributed by atoms with Gasteiger partial charge >= 0.3 is 0 Å². The minimum absolute atomic E-state index is 0.118. The first-order valence-electron chi connectivity index (χ1n) is 6.34. The summed E-state index contributed by atoms with van der Waals surface area (Å²) in [6, 6.07) is 12.4. The molecule has 0 aliphatic rings. The van der Waals surface area contributed by atoms with Gasteiger partial charge in [0.2, 0.25) is 0 Å². The average molecular weight is 402 g/mol. The molecule has 0 saturated carbocycles. The van der Waals surface area contributed by atoms with Gasteiger partial charge in [0.1, 0.15) is 5.75 Å². The number of benzene rings is 2. The Morgan fingerprint density at radius 2 is 2.00 bits per heavy atom. The highest BCUT2D eigenvalue weighted by Gasteiger charge is 2.17. The molecule has 106 valence electrons. The Morgan fingerprint density at radius 1 is 1.25 bits per heavy atom. The molecule has 0 spiro atoms. The summed E-state index contributed by atoms with van der Waals surface area (Å²) in [5.74, 6) is 0.701. The first kappa shape index (κ1) is 15.6. The molecule has 2 aromatic rings. The van der Waals surface area contributed by atoms with Crippen molar-refractivity contribution in [3.05, 3.63) is 61.7 Å². The Balaban J connectivity index is 2.49. The molecule has 0 saturated heterocycles. The lowest BCUT2D eigenvalue weighted by atomic mass is 9.97. The highest BCUT2D eigenvalue weighted by atomic mass is 127. The van der Waals surface area contributed by atoms with Gasteiger partial charge < -0.3 is 10.1 Å². The lowest BCUT2D eigenvalue weighted by Gasteiger charge is -2.20. The van der Waals surface area contributed by atoms with Crippen LogP contribution < -0.4 is 10.1 Å². The van der Waals surface area contributed by atoms with Gasteiger partial charge in [-0.2, -0.15) is 0 Å². The minimum Gasteiger partial charge on any atom is -0.495 e. The van der Waals surface area contributed by atoms with Crippen molar-refractivity contribution in [3.8, 4) is 5.75 Å². The molecule has 20 heavy (non-hydrogen) atoms. The van der Waals surface area contributed by atoms with Crippen molar-refractivity contribution >= 4 is 34.2 Å². The predicted molar refractivity (Wildman–Crippen MR) is 92.8 cm³/mol. The largest absolute Gasteiger partial charge is 0.495 e. The zero-order valence-electron chi connectivity index (χ0n) is 11.7. The third kappa shape index (κ3) is 3.10. The summed E-state index contributed by atoms with van der Waals surface area (Å²) < 4.78 is 6.58. The maximum absolute atomic E-state index is 6.10. The van der Waals surface area contributed by atoms with Crippen molar-refractivity contribution < 1.29 is 4.74 Å². The van der Waals surface area contributed by atoms with Crippen LogP contribution in [0.15, 0.2) is 36.4 Å². The smallest absolute Gasteiger partial charge is 0.137 e. The minimum atomic E-state index is 0.118. The van der Waals surface area contributed by atoms with Gasteiger partial charge in [-0.05, 0) is 65.4 Å². The molecule has 0 aromatic heterocycles. The lowest BCUT2D eigenvalue weighted by molar-refractivity contribution is 0.414. The van der Waals surface area contributed by atoms with E-state index in [2.05, 4.69) is 53.0 Å². The molecule has 1 unspecified atom stereocenters. The van der Waals surface area contributed by atoms with Gasteiger partial charge in [0.25, 0.3) is 0 Å². The molecule has 0 heterocycles. The maximum atomic E-state index is 6.10. The second kappa shape index (κ2) is 6.78. The topological polar surface area (TPSA) is 21.3 Å². The summed E-state index contributed by atoms with van der Waals surface area (Å²) in [7, 11) is 3.60. The van der Waals surface area contributed by atoms with E-state index in [1.165, 1.54) is 14.7 Å². The van der Waals surface area contributed by atoms with E-state index in [9.17, 15) is 0 Å². The van der Waals surface area contributed by atoms with E-state index in [-0.39, 0.29) is 6.04 Å². The molecule has 2 aromatic carbocycles. The zero-order chi connectivity index (χ0) is 14.7. The van der Waals surface area contributed by atoms with E-state index < -0.39 is 0 Å². The highest BCUT2D eigenvalue weighted by molar-refractivity contribution is 14.1. The van der Waals surface area contributed by atoms with Crippen LogP contribution in [0.4, 0.5) is 0 Å². The Morgan fingerprint density at radius 3 is 2.65 bits per heavy atom. The molecule has 0 aliphatic carbocycles. The molecule has 2 rings (SSSR count). The fraction of sp³-hybridized carbons (Fsp3) is 0.250.